The predicted octanol–water partition coefficient (Wildman–Crippen LogP) is 2.94. The minimum atomic E-state index is -0.825. The summed E-state index contributed by atoms with van der Waals surface area (Å²) in [5.74, 6) is 0.462. The average Bonchev–Trinajstić information content (AvgIpc) is 3.38. The summed E-state index contributed by atoms with van der Waals surface area (Å²) in [5.41, 5.74) is 4.76. The molecule has 4 aromatic rings. The molecule has 0 fully saturated rings. The third-order valence-electron chi connectivity index (χ3n) is 6.56. The lowest BCUT2D eigenvalue weighted by Crippen LogP contribution is -2.24. The zero-order valence-corrected chi connectivity index (χ0v) is 20.0. The van der Waals surface area contributed by atoms with Gasteiger partial charge in [-0.3, -0.25) is 9.67 Å². The highest BCUT2D eigenvalue weighted by molar-refractivity contribution is 5.75. The number of nitrogens with zero attached hydrogens (tertiary/aromatic N) is 6. The first-order valence-corrected chi connectivity index (χ1v) is 11.7. The zero-order chi connectivity index (χ0) is 25.2. The zero-order valence-electron chi connectivity index (χ0n) is 20.0. The first-order valence-electron chi connectivity index (χ1n) is 11.7. The van der Waals surface area contributed by atoms with E-state index in [1.165, 1.54) is 12.1 Å². The Kier molecular flexibility index (Phi) is 6.43. The highest BCUT2D eigenvalue weighted by Gasteiger charge is 2.24. The van der Waals surface area contributed by atoms with Gasteiger partial charge in [-0.05, 0) is 49.9 Å². The smallest absolute Gasteiger partial charge is 0.176 e. The molecule has 5 rings (SSSR count). The maximum atomic E-state index is 13.4. The summed E-state index contributed by atoms with van der Waals surface area (Å²) in [6, 6.07) is 4.75. The second-order valence-electron chi connectivity index (χ2n) is 8.71. The Morgan fingerprint density at radius 2 is 2.17 bits per heavy atom. The second kappa shape index (κ2) is 9.83. The van der Waals surface area contributed by atoms with E-state index in [-0.39, 0.29) is 12.6 Å². The van der Waals surface area contributed by atoms with Crippen LogP contribution < -0.4 is 14.8 Å². The Balaban J connectivity index is 1.55. The Bertz CT molecular complexity index is 1420. The maximum Gasteiger partial charge on any atom is 0.176 e. The largest absolute Gasteiger partial charge is 0.493 e. The summed E-state index contributed by atoms with van der Waals surface area (Å²) in [6.07, 6.45) is 8.24. The number of nitriles is 1. The number of hydrogen-bond donors (Lipinski definition) is 2. The number of aliphatic hydroxyl groups excluding tert-OH is 1. The van der Waals surface area contributed by atoms with Crippen molar-refractivity contribution in [1.82, 2.24) is 29.7 Å². The van der Waals surface area contributed by atoms with E-state index in [0.717, 1.165) is 48.0 Å². The fourth-order valence-electron chi connectivity index (χ4n) is 4.68. The molecule has 0 amide bonds. The van der Waals surface area contributed by atoms with Crippen LogP contribution in [0.25, 0.3) is 16.8 Å². The van der Waals surface area contributed by atoms with E-state index in [1.54, 1.807) is 17.8 Å². The SMILES string of the molecule is COc1cnn2cc(-c3nn4c(c3C)CCC(NC#N)CC4)cc(O[C@H](CO)c3ccc(F)cn3)c12. The minimum absolute atomic E-state index is 0.142. The van der Waals surface area contributed by atoms with Crippen molar-refractivity contribution in [3.63, 3.8) is 0 Å². The number of methoxy groups -OCH3 is 1. The summed E-state index contributed by atoms with van der Waals surface area (Å²) in [5, 5.41) is 31.2. The lowest BCUT2D eigenvalue weighted by molar-refractivity contribution is 0.114. The van der Waals surface area contributed by atoms with E-state index in [4.69, 9.17) is 19.8 Å². The molecule has 10 nitrogen and oxygen atoms in total. The van der Waals surface area contributed by atoms with E-state index in [9.17, 15) is 9.50 Å². The third-order valence-corrected chi connectivity index (χ3v) is 6.56. The number of fused-ring (bicyclic) bond motifs is 2. The van der Waals surface area contributed by atoms with Crippen LogP contribution in [0.15, 0.2) is 36.8 Å². The lowest BCUT2D eigenvalue weighted by Gasteiger charge is -2.18. The van der Waals surface area contributed by atoms with Crippen LogP contribution >= 0.6 is 0 Å². The second-order valence-corrected chi connectivity index (χ2v) is 8.71. The summed E-state index contributed by atoms with van der Waals surface area (Å²) in [6.45, 7) is 2.39. The van der Waals surface area contributed by atoms with Gasteiger partial charge < -0.3 is 19.9 Å². The fraction of sp³-hybridized carbons (Fsp3) is 0.360. The molecule has 1 aliphatic rings. The standard InChI is InChI=1S/C25H26FN7O3/c1-15-20-6-4-18(29-14-27)7-8-32(20)31-24(15)16-9-21(25-22(35-2)11-30-33(25)12-16)36-23(13-34)19-5-3-17(26)10-28-19/h3,5,9-12,18,23,29,34H,4,6-8,13H2,1-2H3/t18?,23-/m1/s1. The van der Waals surface area contributed by atoms with Crippen molar-refractivity contribution >= 4 is 5.52 Å². The van der Waals surface area contributed by atoms with Gasteiger partial charge in [0.15, 0.2) is 29.3 Å². The quantitative estimate of drug-likeness (QED) is 0.299. The molecule has 0 aliphatic carbocycles. The predicted molar refractivity (Wildman–Crippen MR) is 128 cm³/mol. The van der Waals surface area contributed by atoms with E-state index < -0.39 is 11.9 Å². The highest BCUT2D eigenvalue weighted by Crippen LogP contribution is 2.37. The maximum absolute atomic E-state index is 13.4. The molecule has 2 N–H and O–H groups in total. The molecular weight excluding hydrogens is 465 g/mol. The Morgan fingerprint density at radius 3 is 2.89 bits per heavy atom. The van der Waals surface area contributed by atoms with Gasteiger partial charge in [-0.15, -0.1) is 0 Å². The van der Waals surface area contributed by atoms with Crippen LogP contribution in [0.4, 0.5) is 4.39 Å². The average molecular weight is 492 g/mol. The molecule has 36 heavy (non-hydrogen) atoms. The first kappa shape index (κ1) is 23.6. The van der Waals surface area contributed by atoms with Gasteiger partial charge >= 0.3 is 0 Å². The summed E-state index contributed by atoms with van der Waals surface area (Å²) in [7, 11) is 1.55. The molecule has 4 aromatic heterocycles. The van der Waals surface area contributed by atoms with Crippen LogP contribution in [0, 0.1) is 24.2 Å². The Labute approximate surface area is 206 Å². The van der Waals surface area contributed by atoms with Gasteiger partial charge in [0.25, 0.3) is 0 Å². The molecule has 1 aliphatic heterocycles. The number of aromatic nitrogens is 5. The molecule has 0 aromatic carbocycles. The van der Waals surface area contributed by atoms with Gasteiger partial charge in [-0.25, -0.2) is 8.91 Å². The van der Waals surface area contributed by atoms with Crippen LogP contribution in [-0.4, -0.2) is 49.2 Å². The summed E-state index contributed by atoms with van der Waals surface area (Å²) >= 11 is 0. The van der Waals surface area contributed by atoms with Crippen molar-refractivity contribution in [3.8, 4) is 28.9 Å². The molecule has 11 heteroatoms. The van der Waals surface area contributed by atoms with Gasteiger partial charge in [0.05, 0.1) is 37.5 Å². The van der Waals surface area contributed by atoms with Crippen LogP contribution in [0.3, 0.4) is 0 Å². The number of aryl methyl sites for hydroxylation is 1. The van der Waals surface area contributed by atoms with Gasteiger partial charge in [-0.1, -0.05) is 0 Å². The van der Waals surface area contributed by atoms with Crippen LogP contribution in [0.1, 0.15) is 35.9 Å². The van der Waals surface area contributed by atoms with Crippen molar-refractivity contribution in [2.75, 3.05) is 13.7 Å². The van der Waals surface area contributed by atoms with Crippen LogP contribution in [-0.2, 0) is 13.0 Å². The fourth-order valence-corrected chi connectivity index (χ4v) is 4.68. The van der Waals surface area contributed by atoms with Crippen molar-refractivity contribution in [2.24, 2.45) is 0 Å². The molecule has 1 unspecified atom stereocenters. The van der Waals surface area contributed by atoms with Crippen molar-refractivity contribution < 1.29 is 19.0 Å². The molecular formula is C25H26FN7O3. The summed E-state index contributed by atoms with van der Waals surface area (Å²) in [4.78, 5) is 4.07. The van der Waals surface area contributed by atoms with Crippen LogP contribution in [0.2, 0.25) is 0 Å². The third kappa shape index (κ3) is 4.31. The molecule has 0 saturated carbocycles. The molecule has 0 spiro atoms. The summed E-state index contributed by atoms with van der Waals surface area (Å²) < 4.78 is 28.8. The topological polar surface area (TPSA) is 123 Å². The molecule has 2 atom stereocenters. The number of ether oxygens (including phenoxy) is 2. The number of rotatable bonds is 7. The van der Waals surface area contributed by atoms with E-state index in [1.807, 2.05) is 30.1 Å². The van der Waals surface area contributed by atoms with E-state index in [0.29, 0.717) is 29.3 Å². The molecule has 0 saturated heterocycles. The number of nitrogens with one attached hydrogen (secondary N) is 1. The lowest BCUT2D eigenvalue weighted by atomic mass is 10.0. The molecule has 0 bridgehead atoms. The van der Waals surface area contributed by atoms with Crippen molar-refractivity contribution in [2.45, 2.75) is 44.9 Å². The van der Waals surface area contributed by atoms with Gasteiger partial charge in [0, 0.05) is 30.0 Å². The molecule has 0 radical (unpaired) electrons. The Morgan fingerprint density at radius 1 is 1.31 bits per heavy atom. The van der Waals surface area contributed by atoms with Crippen LogP contribution in [0.5, 0.6) is 11.5 Å². The first-order chi connectivity index (χ1) is 17.5. The highest BCUT2D eigenvalue weighted by atomic mass is 19.1. The molecule has 5 heterocycles. The number of pyridine rings is 2. The van der Waals surface area contributed by atoms with Gasteiger partial charge in [0.1, 0.15) is 5.82 Å². The van der Waals surface area contributed by atoms with E-state index in [2.05, 4.69) is 15.4 Å². The number of halogens is 1. The normalized spacial score (nSPS) is 16.1. The number of aliphatic hydroxyl groups is 1. The van der Waals surface area contributed by atoms with E-state index >= 15 is 0 Å². The molecule has 186 valence electrons. The number of hydrogen-bond acceptors (Lipinski definition) is 8. The van der Waals surface area contributed by atoms with Gasteiger partial charge in [0.2, 0.25) is 0 Å². The van der Waals surface area contributed by atoms with Crippen molar-refractivity contribution in [1.29, 1.82) is 5.26 Å². The minimum Gasteiger partial charge on any atom is -0.493 e. The Hall–Kier alpha value is -4.17. The van der Waals surface area contributed by atoms with Gasteiger partial charge in [-0.2, -0.15) is 15.5 Å². The van der Waals surface area contributed by atoms with Crippen molar-refractivity contribution in [3.05, 3.63) is 59.6 Å². The monoisotopic (exact) mass is 491 g/mol.